The van der Waals surface area contributed by atoms with Crippen molar-refractivity contribution in [2.24, 2.45) is 0 Å². The van der Waals surface area contributed by atoms with E-state index >= 15 is 0 Å². The van der Waals surface area contributed by atoms with Crippen LogP contribution in [0.25, 0.3) is 0 Å². The molecule has 1 N–H and O–H groups in total. The monoisotopic (exact) mass is 236 g/mol. The zero-order chi connectivity index (χ0) is 13.3. The molecule has 0 aliphatic heterocycles. The summed E-state index contributed by atoms with van der Waals surface area (Å²) in [6.45, 7) is 9.25. The highest BCUT2D eigenvalue weighted by molar-refractivity contribution is 5.71. The van der Waals surface area contributed by atoms with Gasteiger partial charge in [0.2, 0.25) is 0 Å². The molecule has 0 amide bonds. The van der Waals surface area contributed by atoms with E-state index in [9.17, 15) is 9.90 Å². The molecule has 1 atom stereocenters. The van der Waals surface area contributed by atoms with E-state index in [1.165, 1.54) is 5.57 Å². The molecule has 0 fully saturated rings. The fraction of sp³-hybridized carbons (Fsp3) is 0.533. The lowest BCUT2D eigenvalue weighted by Gasteiger charge is -2.16. The lowest BCUT2D eigenvalue weighted by atomic mass is 9.99. The summed E-state index contributed by atoms with van der Waals surface area (Å²) in [5.41, 5.74) is 1.30. The Bertz CT molecular complexity index is 309. The molecule has 0 bridgehead atoms. The number of carbonyl (C=O) groups excluding carboxylic acids is 1. The summed E-state index contributed by atoms with van der Waals surface area (Å²) in [5, 5.41) is 9.72. The van der Waals surface area contributed by atoms with E-state index in [-0.39, 0.29) is 0 Å². The van der Waals surface area contributed by atoms with Gasteiger partial charge < -0.3 is 5.11 Å². The number of hydrogen-bond acceptors (Lipinski definition) is 2. The molecule has 0 saturated heterocycles. The van der Waals surface area contributed by atoms with E-state index in [2.05, 4.69) is 19.6 Å². The van der Waals surface area contributed by atoms with Crippen LogP contribution in [-0.2, 0) is 4.79 Å². The molecule has 0 radical (unpaired) electrons. The highest BCUT2D eigenvalue weighted by Gasteiger charge is 2.13. The third-order valence-electron chi connectivity index (χ3n) is 2.77. The number of carbonyl (C=O) groups is 1. The standard InChI is InChI=1S/C15H24O2/c1-5-15(4,17)11-7-10-13(2)8-6-9-14(3)12-16/h5,9-10,12,17H,1,6-8,11H2,2-4H3/b13-10-,14-9+. The van der Waals surface area contributed by atoms with E-state index in [1.807, 2.05) is 13.0 Å². The van der Waals surface area contributed by atoms with E-state index < -0.39 is 5.60 Å². The number of rotatable bonds is 8. The Balaban J connectivity index is 3.95. The van der Waals surface area contributed by atoms with Crippen molar-refractivity contribution >= 4 is 6.29 Å². The Hall–Kier alpha value is -1.15. The molecule has 2 heteroatoms. The smallest absolute Gasteiger partial charge is 0.145 e. The van der Waals surface area contributed by atoms with Gasteiger partial charge in [0.25, 0.3) is 0 Å². The van der Waals surface area contributed by atoms with Gasteiger partial charge in [0, 0.05) is 0 Å². The van der Waals surface area contributed by atoms with Gasteiger partial charge in [-0.15, -0.1) is 6.58 Å². The van der Waals surface area contributed by atoms with Gasteiger partial charge in [-0.25, -0.2) is 0 Å². The van der Waals surface area contributed by atoms with E-state index in [0.717, 1.165) is 31.1 Å². The van der Waals surface area contributed by atoms with Gasteiger partial charge in [-0.05, 0) is 52.0 Å². The van der Waals surface area contributed by atoms with Crippen LogP contribution in [0.4, 0.5) is 0 Å². The predicted octanol–water partition coefficient (Wildman–Crippen LogP) is 3.58. The maximum absolute atomic E-state index is 10.4. The first-order chi connectivity index (χ1) is 7.91. The molecule has 0 aliphatic carbocycles. The third-order valence-corrected chi connectivity index (χ3v) is 2.77. The SMILES string of the molecule is C=CC(C)(O)CC/C=C(/C)CC/C=C(\C)C=O. The van der Waals surface area contributed by atoms with Crippen molar-refractivity contribution in [3.63, 3.8) is 0 Å². The quantitative estimate of drug-likeness (QED) is 0.397. The van der Waals surface area contributed by atoms with Crippen molar-refractivity contribution in [3.8, 4) is 0 Å². The molecule has 0 saturated carbocycles. The molecule has 0 aromatic carbocycles. The second-order valence-electron chi connectivity index (χ2n) is 4.76. The first kappa shape index (κ1) is 15.9. The summed E-state index contributed by atoms with van der Waals surface area (Å²) in [6.07, 6.45) is 9.93. The van der Waals surface area contributed by atoms with Crippen LogP contribution >= 0.6 is 0 Å². The van der Waals surface area contributed by atoms with Gasteiger partial charge in [-0.3, -0.25) is 4.79 Å². The minimum absolute atomic E-state index is 0.692. The predicted molar refractivity (Wildman–Crippen MR) is 72.9 cm³/mol. The van der Waals surface area contributed by atoms with Crippen molar-refractivity contribution in [1.29, 1.82) is 0 Å². The second kappa shape index (κ2) is 8.02. The lowest BCUT2D eigenvalue weighted by Crippen LogP contribution is -2.19. The van der Waals surface area contributed by atoms with Crippen LogP contribution in [0.2, 0.25) is 0 Å². The van der Waals surface area contributed by atoms with Crippen LogP contribution in [0.5, 0.6) is 0 Å². The summed E-state index contributed by atoms with van der Waals surface area (Å²) < 4.78 is 0. The summed E-state index contributed by atoms with van der Waals surface area (Å²) in [5.74, 6) is 0. The highest BCUT2D eigenvalue weighted by Crippen LogP contribution is 2.15. The Labute approximate surface area is 105 Å². The molecule has 0 aliphatic rings. The summed E-state index contributed by atoms with van der Waals surface area (Å²) in [4.78, 5) is 10.4. The minimum Gasteiger partial charge on any atom is -0.386 e. The Morgan fingerprint density at radius 3 is 2.47 bits per heavy atom. The summed E-state index contributed by atoms with van der Waals surface area (Å²) in [6, 6.07) is 0. The molecule has 0 spiro atoms. The van der Waals surface area contributed by atoms with Crippen molar-refractivity contribution < 1.29 is 9.90 Å². The molecule has 17 heavy (non-hydrogen) atoms. The molecular formula is C15H24O2. The van der Waals surface area contributed by atoms with Gasteiger partial charge in [0.1, 0.15) is 6.29 Å². The van der Waals surface area contributed by atoms with E-state index in [1.54, 1.807) is 13.0 Å². The number of allylic oxidation sites excluding steroid dienone is 4. The van der Waals surface area contributed by atoms with Crippen LogP contribution in [0.1, 0.15) is 46.5 Å². The molecule has 0 aromatic heterocycles. The maximum Gasteiger partial charge on any atom is 0.145 e. The van der Waals surface area contributed by atoms with E-state index in [0.29, 0.717) is 6.42 Å². The number of aldehydes is 1. The first-order valence-corrected chi connectivity index (χ1v) is 6.05. The maximum atomic E-state index is 10.4. The zero-order valence-electron chi connectivity index (χ0n) is 11.2. The van der Waals surface area contributed by atoms with Crippen molar-refractivity contribution in [2.45, 2.75) is 52.1 Å². The molecule has 0 aromatic rings. The van der Waals surface area contributed by atoms with Gasteiger partial charge in [-0.1, -0.05) is 23.8 Å². The molecule has 0 rings (SSSR count). The first-order valence-electron chi connectivity index (χ1n) is 6.05. The zero-order valence-corrected chi connectivity index (χ0v) is 11.2. The third kappa shape index (κ3) is 8.64. The average Bonchev–Trinajstić information content (AvgIpc) is 2.28. The minimum atomic E-state index is -0.773. The average molecular weight is 236 g/mol. The van der Waals surface area contributed by atoms with Crippen LogP contribution in [-0.4, -0.2) is 17.0 Å². The van der Waals surface area contributed by atoms with Crippen molar-refractivity contribution in [1.82, 2.24) is 0 Å². The highest BCUT2D eigenvalue weighted by atomic mass is 16.3. The largest absolute Gasteiger partial charge is 0.386 e. The Morgan fingerprint density at radius 1 is 1.29 bits per heavy atom. The lowest BCUT2D eigenvalue weighted by molar-refractivity contribution is -0.104. The van der Waals surface area contributed by atoms with Crippen LogP contribution in [0.3, 0.4) is 0 Å². The summed E-state index contributed by atoms with van der Waals surface area (Å²) in [7, 11) is 0. The normalized spacial score (nSPS) is 16.5. The van der Waals surface area contributed by atoms with Gasteiger partial charge in [-0.2, -0.15) is 0 Å². The van der Waals surface area contributed by atoms with E-state index in [4.69, 9.17) is 0 Å². The van der Waals surface area contributed by atoms with Gasteiger partial charge >= 0.3 is 0 Å². The van der Waals surface area contributed by atoms with Crippen molar-refractivity contribution in [3.05, 3.63) is 36.0 Å². The fourth-order valence-electron chi connectivity index (χ4n) is 1.39. The number of hydrogen-bond donors (Lipinski definition) is 1. The van der Waals surface area contributed by atoms with Gasteiger partial charge in [0.15, 0.2) is 0 Å². The summed E-state index contributed by atoms with van der Waals surface area (Å²) >= 11 is 0. The Morgan fingerprint density at radius 2 is 1.94 bits per heavy atom. The van der Waals surface area contributed by atoms with Crippen molar-refractivity contribution in [2.75, 3.05) is 0 Å². The fourth-order valence-corrected chi connectivity index (χ4v) is 1.39. The molecule has 96 valence electrons. The molecule has 1 unspecified atom stereocenters. The molecular weight excluding hydrogens is 212 g/mol. The second-order valence-corrected chi connectivity index (χ2v) is 4.76. The van der Waals surface area contributed by atoms with Crippen LogP contribution < -0.4 is 0 Å². The van der Waals surface area contributed by atoms with Crippen LogP contribution in [0.15, 0.2) is 36.0 Å². The topological polar surface area (TPSA) is 37.3 Å². The van der Waals surface area contributed by atoms with Gasteiger partial charge in [0.05, 0.1) is 5.60 Å². The Kier molecular flexibility index (Phi) is 7.47. The van der Waals surface area contributed by atoms with Crippen LogP contribution in [0, 0.1) is 0 Å². The molecule has 0 heterocycles. The number of aliphatic hydroxyl groups is 1. The molecule has 2 nitrogen and oxygen atoms in total.